The van der Waals surface area contributed by atoms with Crippen molar-refractivity contribution >= 4 is 23.9 Å². The molecule has 0 aromatic carbocycles. The first-order valence-corrected chi connectivity index (χ1v) is 6.62. The van der Waals surface area contributed by atoms with Crippen molar-refractivity contribution in [1.29, 1.82) is 0 Å². The standard InChI is InChI=1S/C13H18N2O8/c1-6(12(21)22)15-10-7(4-16)8(14-3-9(18)19)2-13(23,5-17)11(10)20/h4,6,11,14,17,20,23H,2-3,5H2,1H3,(H,18,19)(H,21,22)/b15-10-/t6-,11-,13+/m0/s1. The van der Waals surface area contributed by atoms with Gasteiger partial charge in [0.15, 0.2) is 6.29 Å². The van der Waals surface area contributed by atoms with Gasteiger partial charge in [-0.2, -0.15) is 0 Å². The molecule has 0 aromatic rings. The second-order valence-corrected chi connectivity index (χ2v) is 5.13. The fraction of sp³-hybridized carbons (Fsp3) is 0.538. The SMILES string of the molecule is C[C@H](/N=C1/C(C=O)=C(NCC(=O)O)C[C@@](O)(CO)[C@H]1O)C(=O)O. The molecule has 10 nitrogen and oxygen atoms in total. The van der Waals surface area contributed by atoms with Crippen molar-refractivity contribution in [3.63, 3.8) is 0 Å². The summed E-state index contributed by atoms with van der Waals surface area (Å²) in [6.07, 6.45) is -1.95. The van der Waals surface area contributed by atoms with Gasteiger partial charge in [0, 0.05) is 12.1 Å². The van der Waals surface area contributed by atoms with Gasteiger partial charge in [-0.3, -0.25) is 14.6 Å². The van der Waals surface area contributed by atoms with Crippen LogP contribution in [-0.4, -0.2) is 80.4 Å². The third-order valence-electron chi connectivity index (χ3n) is 3.39. The Morgan fingerprint density at radius 1 is 1.48 bits per heavy atom. The van der Waals surface area contributed by atoms with Gasteiger partial charge < -0.3 is 30.8 Å². The maximum Gasteiger partial charge on any atom is 0.328 e. The van der Waals surface area contributed by atoms with Gasteiger partial charge in [-0.25, -0.2) is 4.79 Å². The van der Waals surface area contributed by atoms with Crippen LogP contribution in [0.25, 0.3) is 0 Å². The summed E-state index contributed by atoms with van der Waals surface area (Å²) in [7, 11) is 0. The Labute approximate surface area is 130 Å². The molecule has 1 aliphatic carbocycles. The summed E-state index contributed by atoms with van der Waals surface area (Å²) < 4.78 is 0. The number of nitrogens with zero attached hydrogens (tertiary/aromatic N) is 1. The minimum Gasteiger partial charge on any atom is -0.480 e. The predicted octanol–water partition coefficient (Wildman–Crippen LogP) is -2.48. The molecule has 0 unspecified atom stereocenters. The number of aliphatic carboxylic acids is 2. The first kappa shape index (κ1) is 18.7. The van der Waals surface area contributed by atoms with E-state index in [4.69, 9.17) is 10.2 Å². The van der Waals surface area contributed by atoms with Gasteiger partial charge in [0.2, 0.25) is 0 Å². The van der Waals surface area contributed by atoms with Crippen LogP contribution in [-0.2, 0) is 14.4 Å². The summed E-state index contributed by atoms with van der Waals surface area (Å²) in [5.41, 5.74) is -2.85. The Morgan fingerprint density at radius 2 is 2.09 bits per heavy atom. The number of carboxylic acids is 2. The predicted molar refractivity (Wildman–Crippen MR) is 75.9 cm³/mol. The lowest BCUT2D eigenvalue weighted by molar-refractivity contribution is -0.138. The van der Waals surface area contributed by atoms with Crippen molar-refractivity contribution in [2.45, 2.75) is 31.1 Å². The molecule has 0 fully saturated rings. The molecule has 23 heavy (non-hydrogen) atoms. The molecule has 10 heteroatoms. The van der Waals surface area contributed by atoms with Crippen LogP contribution in [0.4, 0.5) is 0 Å². The van der Waals surface area contributed by atoms with Crippen molar-refractivity contribution in [2.75, 3.05) is 13.2 Å². The summed E-state index contributed by atoms with van der Waals surface area (Å²) in [6.45, 7) is -0.285. The minimum atomic E-state index is -2.12. The number of rotatable bonds is 7. The van der Waals surface area contributed by atoms with E-state index in [0.29, 0.717) is 0 Å². The van der Waals surface area contributed by atoms with Crippen LogP contribution in [0.15, 0.2) is 16.3 Å². The molecule has 0 bridgehead atoms. The van der Waals surface area contributed by atoms with Crippen molar-refractivity contribution in [3.05, 3.63) is 11.3 Å². The van der Waals surface area contributed by atoms with Crippen LogP contribution in [0.2, 0.25) is 0 Å². The van der Waals surface area contributed by atoms with Gasteiger partial charge in [-0.1, -0.05) is 0 Å². The molecule has 0 aliphatic heterocycles. The Bertz CT molecular complexity index is 570. The third-order valence-corrected chi connectivity index (χ3v) is 3.39. The van der Waals surface area contributed by atoms with Crippen LogP contribution < -0.4 is 5.32 Å². The second-order valence-electron chi connectivity index (χ2n) is 5.13. The van der Waals surface area contributed by atoms with Gasteiger partial charge in [-0.05, 0) is 6.92 Å². The van der Waals surface area contributed by atoms with Crippen molar-refractivity contribution in [2.24, 2.45) is 4.99 Å². The van der Waals surface area contributed by atoms with Gasteiger partial charge in [-0.15, -0.1) is 0 Å². The number of carbonyl (C=O) groups excluding carboxylic acids is 1. The zero-order valence-corrected chi connectivity index (χ0v) is 12.3. The molecule has 1 rings (SSSR count). The molecule has 0 aromatic heterocycles. The molecule has 128 valence electrons. The van der Waals surface area contributed by atoms with E-state index in [1.165, 1.54) is 6.92 Å². The fourth-order valence-corrected chi connectivity index (χ4v) is 2.07. The highest BCUT2D eigenvalue weighted by molar-refractivity contribution is 6.19. The van der Waals surface area contributed by atoms with E-state index in [1.807, 2.05) is 0 Å². The summed E-state index contributed by atoms with van der Waals surface area (Å²) in [5, 5.41) is 49.7. The van der Waals surface area contributed by atoms with E-state index in [9.17, 15) is 29.7 Å². The van der Waals surface area contributed by atoms with E-state index in [-0.39, 0.29) is 17.6 Å². The van der Waals surface area contributed by atoms with E-state index < -0.39 is 55.0 Å². The number of hydrogen-bond donors (Lipinski definition) is 6. The van der Waals surface area contributed by atoms with Gasteiger partial charge in [0.05, 0.1) is 17.9 Å². The number of hydrogen-bond acceptors (Lipinski definition) is 8. The van der Waals surface area contributed by atoms with E-state index in [0.717, 1.165) is 0 Å². The first-order chi connectivity index (χ1) is 10.7. The Hall–Kier alpha value is -2.30. The Kier molecular flexibility index (Phi) is 5.96. The van der Waals surface area contributed by atoms with Gasteiger partial charge >= 0.3 is 11.9 Å². The molecule has 3 atom stereocenters. The number of carbonyl (C=O) groups is 3. The highest BCUT2D eigenvalue weighted by Crippen LogP contribution is 2.30. The van der Waals surface area contributed by atoms with Crippen molar-refractivity contribution in [3.8, 4) is 0 Å². The third kappa shape index (κ3) is 4.12. The zero-order valence-electron chi connectivity index (χ0n) is 12.3. The van der Waals surface area contributed by atoms with Gasteiger partial charge in [0.1, 0.15) is 24.3 Å². The van der Waals surface area contributed by atoms with E-state index in [2.05, 4.69) is 10.3 Å². The fourth-order valence-electron chi connectivity index (χ4n) is 2.07. The van der Waals surface area contributed by atoms with E-state index in [1.54, 1.807) is 0 Å². The zero-order chi connectivity index (χ0) is 17.8. The molecule has 0 radical (unpaired) electrons. The quantitative estimate of drug-likeness (QED) is 0.276. The number of nitrogens with one attached hydrogen (secondary N) is 1. The molecule has 1 aliphatic rings. The van der Waals surface area contributed by atoms with Crippen LogP contribution in [0.3, 0.4) is 0 Å². The monoisotopic (exact) mass is 330 g/mol. The number of aliphatic hydroxyl groups is 3. The van der Waals surface area contributed by atoms with Crippen molar-refractivity contribution < 1.29 is 39.9 Å². The van der Waals surface area contributed by atoms with E-state index >= 15 is 0 Å². The Balaban J connectivity index is 3.40. The number of aldehydes is 1. The van der Waals surface area contributed by atoms with Gasteiger partial charge in [0.25, 0.3) is 0 Å². The average Bonchev–Trinajstić information content (AvgIpc) is 2.49. The van der Waals surface area contributed by atoms with Crippen LogP contribution in [0.5, 0.6) is 0 Å². The molecular weight excluding hydrogens is 312 g/mol. The van der Waals surface area contributed by atoms with Crippen LogP contribution in [0, 0.1) is 0 Å². The topological polar surface area (TPSA) is 177 Å². The molecule has 0 heterocycles. The maximum atomic E-state index is 11.3. The maximum absolute atomic E-state index is 11.3. The number of carboxylic acid groups (broad SMARTS) is 2. The smallest absolute Gasteiger partial charge is 0.328 e. The molecule has 0 saturated carbocycles. The summed E-state index contributed by atoms with van der Waals surface area (Å²) >= 11 is 0. The largest absolute Gasteiger partial charge is 0.480 e. The lowest BCUT2D eigenvalue weighted by atomic mass is 9.80. The molecule has 0 spiro atoms. The lowest BCUT2D eigenvalue weighted by Crippen LogP contribution is -2.55. The highest BCUT2D eigenvalue weighted by atomic mass is 16.4. The number of aliphatic imine (C=N–C) groups is 1. The summed E-state index contributed by atoms with van der Waals surface area (Å²) in [6, 6.07) is -1.32. The second kappa shape index (κ2) is 7.31. The highest BCUT2D eigenvalue weighted by Gasteiger charge is 2.45. The first-order valence-electron chi connectivity index (χ1n) is 6.62. The van der Waals surface area contributed by atoms with Crippen LogP contribution in [0.1, 0.15) is 13.3 Å². The normalized spacial score (nSPS) is 27.7. The molecule has 6 N–H and O–H groups in total. The minimum absolute atomic E-state index is 0.0550. The average molecular weight is 330 g/mol. The van der Waals surface area contributed by atoms with Crippen LogP contribution >= 0.6 is 0 Å². The molecule has 0 amide bonds. The number of aliphatic hydroxyl groups excluding tert-OH is 2. The molecule has 0 saturated heterocycles. The summed E-state index contributed by atoms with van der Waals surface area (Å²) in [4.78, 5) is 36.5. The molecular formula is C13H18N2O8. The Morgan fingerprint density at radius 3 is 2.52 bits per heavy atom. The van der Waals surface area contributed by atoms with Crippen molar-refractivity contribution in [1.82, 2.24) is 5.32 Å². The summed E-state index contributed by atoms with van der Waals surface area (Å²) in [5.74, 6) is -2.56. The lowest BCUT2D eigenvalue weighted by Gasteiger charge is -2.38.